The minimum Gasteiger partial charge on any atom is -0.326 e. The highest BCUT2D eigenvalue weighted by molar-refractivity contribution is 6.30. The van der Waals surface area contributed by atoms with Crippen molar-refractivity contribution in [3.05, 3.63) is 70.0 Å². The largest absolute Gasteiger partial charge is 0.326 e. The van der Waals surface area contributed by atoms with E-state index in [1.54, 1.807) is 6.07 Å². The third kappa shape index (κ3) is 4.03. The summed E-state index contributed by atoms with van der Waals surface area (Å²) in [5.74, 6) is -0.246. The van der Waals surface area contributed by atoms with Gasteiger partial charge < -0.3 is 5.73 Å². The highest BCUT2D eigenvalue weighted by atomic mass is 35.5. The van der Waals surface area contributed by atoms with Crippen molar-refractivity contribution in [1.29, 1.82) is 0 Å². The van der Waals surface area contributed by atoms with Crippen molar-refractivity contribution in [2.24, 2.45) is 5.73 Å². The maximum Gasteiger partial charge on any atom is 0.123 e. The molecule has 0 aliphatic carbocycles. The molecular formula is C17H20ClFN2. The van der Waals surface area contributed by atoms with Crippen LogP contribution in [-0.2, 0) is 13.1 Å². The lowest BCUT2D eigenvalue weighted by Crippen LogP contribution is -2.23. The van der Waals surface area contributed by atoms with Crippen LogP contribution < -0.4 is 5.73 Å². The quantitative estimate of drug-likeness (QED) is 0.900. The summed E-state index contributed by atoms with van der Waals surface area (Å²) in [6, 6.07) is 12.8. The second-order valence-electron chi connectivity index (χ2n) is 5.26. The Kier molecular flexibility index (Phi) is 5.34. The second kappa shape index (κ2) is 7.03. The van der Waals surface area contributed by atoms with Gasteiger partial charge in [0.25, 0.3) is 0 Å². The summed E-state index contributed by atoms with van der Waals surface area (Å²) in [6.07, 6.45) is 0. The predicted octanol–water partition coefficient (Wildman–Crippen LogP) is 4.13. The molecule has 2 nitrogen and oxygen atoms in total. The molecule has 0 bridgehead atoms. The van der Waals surface area contributed by atoms with Crippen LogP contribution in [0.2, 0.25) is 5.02 Å². The van der Waals surface area contributed by atoms with E-state index in [0.717, 1.165) is 21.7 Å². The first-order chi connectivity index (χ1) is 10.0. The molecule has 0 aromatic heterocycles. The zero-order valence-electron chi connectivity index (χ0n) is 12.3. The molecule has 21 heavy (non-hydrogen) atoms. The Morgan fingerprint density at radius 2 is 1.95 bits per heavy atom. The topological polar surface area (TPSA) is 29.3 Å². The summed E-state index contributed by atoms with van der Waals surface area (Å²) in [5.41, 5.74) is 8.75. The highest BCUT2D eigenvalue weighted by Crippen LogP contribution is 2.24. The molecule has 0 aliphatic rings. The van der Waals surface area contributed by atoms with Gasteiger partial charge in [0.05, 0.1) is 0 Å². The van der Waals surface area contributed by atoms with E-state index in [4.69, 9.17) is 17.3 Å². The molecule has 4 heteroatoms. The maximum atomic E-state index is 13.3. The number of hydrogen-bond donors (Lipinski definition) is 1. The van der Waals surface area contributed by atoms with E-state index in [1.165, 1.54) is 12.1 Å². The van der Waals surface area contributed by atoms with Crippen molar-refractivity contribution in [1.82, 2.24) is 4.90 Å². The number of benzene rings is 2. The lowest BCUT2D eigenvalue weighted by Gasteiger charge is -2.26. The van der Waals surface area contributed by atoms with Crippen LogP contribution in [0.1, 0.15) is 29.7 Å². The third-order valence-corrected chi connectivity index (χ3v) is 4.04. The Morgan fingerprint density at radius 1 is 1.19 bits per heavy atom. The van der Waals surface area contributed by atoms with Crippen molar-refractivity contribution in [2.75, 3.05) is 7.05 Å². The molecule has 2 aromatic rings. The molecule has 2 rings (SSSR count). The molecule has 0 saturated heterocycles. The first-order valence-electron chi connectivity index (χ1n) is 6.94. The number of rotatable bonds is 5. The fourth-order valence-corrected chi connectivity index (χ4v) is 2.56. The fourth-order valence-electron chi connectivity index (χ4n) is 2.37. The van der Waals surface area contributed by atoms with Gasteiger partial charge in [0.2, 0.25) is 0 Å². The summed E-state index contributed by atoms with van der Waals surface area (Å²) in [4.78, 5) is 2.19. The molecule has 0 saturated carbocycles. The molecule has 0 amide bonds. The van der Waals surface area contributed by atoms with Gasteiger partial charge in [-0.2, -0.15) is 0 Å². The number of hydrogen-bond acceptors (Lipinski definition) is 2. The summed E-state index contributed by atoms with van der Waals surface area (Å²) in [6.45, 7) is 3.17. The van der Waals surface area contributed by atoms with Crippen LogP contribution >= 0.6 is 11.6 Å². The molecular weight excluding hydrogens is 287 g/mol. The van der Waals surface area contributed by atoms with E-state index >= 15 is 0 Å². The van der Waals surface area contributed by atoms with E-state index in [0.29, 0.717) is 13.1 Å². The van der Waals surface area contributed by atoms with E-state index in [1.807, 2.05) is 25.2 Å². The number of halogens is 2. The van der Waals surface area contributed by atoms with Crippen molar-refractivity contribution >= 4 is 11.6 Å². The molecule has 0 heterocycles. The molecule has 2 N–H and O–H groups in total. The Labute approximate surface area is 130 Å². The van der Waals surface area contributed by atoms with Crippen molar-refractivity contribution in [3.63, 3.8) is 0 Å². The Morgan fingerprint density at radius 3 is 2.62 bits per heavy atom. The van der Waals surface area contributed by atoms with Crippen LogP contribution in [0.3, 0.4) is 0 Å². The monoisotopic (exact) mass is 306 g/mol. The van der Waals surface area contributed by atoms with Crippen LogP contribution in [0.25, 0.3) is 0 Å². The predicted molar refractivity (Wildman–Crippen MR) is 85.6 cm³/mol. The Bertz CT molecular complexity index is 615. The lowest BCUT2D eigenvalue weighted by atomic mass is 10.0. The summed E-state index contributed by atoms with van der Waals surface area (Å²) >= 11 is 6.04. The molecule has 0 radical (unpaired) electrons. The van der Waals surface area contributed by atoms with E-state index in [-0.39, 0.29) is 11.9 Å². The van der Waals surface area contributed by atoms with Gasteiger partial charge in [-0.1, -0.05) is 29.8 Å². The average Bonchev–Trinajstić information content (AvgIpc) is 2.48. The van der Waals surface area contributed by atoms with Gasteiger partial charge in [-0.05, 0) is 54.9 Å². The highest BCUT2D eigenvalue weighted by Gasteiger charge is 2.14. The van der Waals surface area contributed by atoms with E-state index in [2.05, 4.69) is 17.9 Å². The molecule has 2 aromatic carbocycles. The van der Waals surface area contributed by atoms with Crippen molar-refractivity contribution < 1.29 is 4.39 Å². The summed E-state index contributed by atoms with van der Waals surface area (Å²) < 4.78 is 13.3. The first-order valence-corrected chi connectivity index (χ1v) is 7.32. The lowest BCUT2D eigenvalue weighted by molar-refractivity contribution is 0.252. The van der Waals surface area contributed by atoms with Gasteiger partial charge >= 0.3 is 0 Å². The van der Waals surface area contributed by atoms with Gasteiger partial charge in [0.1, 0.15) is 5.82 Å². The Balaban J connectivity index is 2.16. The molecule has 0 fully saturated rings. The third-order valence-electron chi connectivity index (χ3n) is 3.80. The molecule has 1 unspecified atom stereocenters. The smallest absolute Gasteiger partial charge is 0.123 e. The first kappa shape index (κ1) is 16.0. The molecule has 0 aliphatic heterocycles. The van der Waals surface area contributed by atoms with Gasteiger partial charge in [0, 0.05) is 24.2 Å². The minimum atomic E-state index is -0.246. The van der Waals surface area contributed by atoms with E-state index < -0.39 is 0 Å². The zero-order valence-corrected chi connectivity index (χ0v) is 13.1. The van der Waals surface area contributed by atoms with Crippen molar-refractivity contribution in [3.8, 4) is 0 Å². The Hall–Kier alpha value is -1.42. The molecule has 0 spiro atoms. The average molecular weight is 307 g/mol. The van der Waals surface area contributed by atoms with E-state index in [9.17, 15) is 4.39 Å². The van der Waals surface area contributed by atoms with Crippen LogP contribution in [0.5, 0.6) is 0 Å². The number of nitrogens with two attached hydrogens (primary N) is 1. The molecule has 1 atom stereocenters. The van der Waals surface area contributed by atoms with Crippen LogP contribution in [0.4, 0.5) is 4.39 Å². The van der Waals surface area contributed by atoms with Crippen LogP contribution in [-0.4, -0.2) is 11.9 Å². The fraction of sp³-hybridized carbons (Fsp3) is 0.294. The summed E-state index contributed by atoms with van der Waals surface area (Å²) in [5, 5.41) is 0.733. The summed E-state index contributed by atoms with van der Waals surface area (Å²) in [7, 11) is 2.04. The standard InChI is InChI=1S/C17H20ClFN2/c1-12(13-4-3-5-16(18)8-13)21(2)11-14-6-7-17(19)9-15(14)10-20/h3-9,12H,10-11,20H2,1-2H3. The second-order valence-corrected chi connectivity index (χ2v) is 5.70. The molecule has 112 valence electrons. The van der Waals surface area contributed by atoms with Gasteiger partial charge in [-0.3, -0.25) is 4.90 Å². The van der Waals surface area contributed by atoms with Crippen LogP contribution in [0.15, 0.2) is 42.5 Å². The number of nitrogens with zero attached hydrogens (tertiary/aromatic N) is 1. The minimum absolute atomic E-state index is 0.208. The SMILES string of the molecule is CC(c1cccc(Cl)c1)N(C)Cc1ccc(F)cc1CN. The zero-order chi connectivity index (χ0) is 15.4. The van der Waals surface area contributed by atoms with Gasteiger partial charge in [-0.25, -0.2) is 4.39 Å². The van der Waals surface area contributed by atoms with Gasteiger partial charge in [-0.15, -0.1) is 0 Å². The maximum absolute atomic E-state index is 13.3. The van der Waals surface area contributed by atoms with Crippen LogP contribution in [0, 0.1) is 5.82 Å². The van der Waals surface area contributed by atoms with Gasteiger partial charge in [0.15, 0.2) is 0 Å². The normalized spacial score (nSPS) is 12.7. The van der Waals surface area contributed by atoms with Crippen molar-refractivity contribution in [2.45, 2.75) is 26.1 Å².